The first-order chi connectivity index (χ1) is 3.80. The summed E-state index contributed by atoms with van der Waals surface area (Å²) >= 11 is 11.4. The topological polar surface area (TPSA) is 3.24 Å². The summed E-state index contributed by atoms with van der Waals surface area (Å²) < 4.78 is 0.620. The molecular formula is C4H6NS3-. The van der Waals surface area contributed by atoms with Gasteiger partial charge >= 0.3 is 0 Å². The van der Waals surface area contributed by atoms with E-state index in [-0.39, 0.29) is 0 Å². The van der Waals surface area contributed by atoms with Crippen molar-refractivity contribution >= 4 is 40.9 Å². The molecule has 1 nitrogen and oxygen atoms in total. The van der Waals surface area contributed by atoms with Gasteiger partial charge in [-0.3, -0.25) is 0 Å². The average molecular weight is 164 g/mol. The van der Waals surface area contributed by atoms with Crippen molar-refractivity contribution in [1.82, 2.24) is 4.90 Å². The van der Waals surface area contributed by atoms with Gasteiger partial charge in [-0.15, -0.1) is 11.8 Å². The van der Waals surface area contributed by atoms with Crippen molar-refractivity contribution in [2.24, 2.45) is 0 Å². The highest BCUT2D eigenvalue weighted by molar-refractivity contribution is 8.01. The third-order valence-electron chi connectivity index (χ3n) is 1.01. The van der Waals surface area contributed by atoms with E-state index in [2.05, 4.69) is 0 Å². The fraction of sp³-hybridized carbons (Fsp3) is 0.750. The second-order valence-electron chi connectivity index (χ2n) is 1.57. The molecule has 8 heavy (non-hydrogen) atoms. The second-order valence-corrected chi connectivity index (χ2v) is 3.67. The molecule has 0 aromatic carbocycles. The molecule has 1 fully saturated rings. The highest BCUT2D eigenvalue weighted by Crippen LogP contribution is 2.12. The van der Waals surface area contributed by atoms with Crippen molar-refractivity contribution in [2.45, 2.75) is 0 Å². The maximum atomic E-state index is 4.78. The number of rotatable bonds is 0. The minimum absolute atomic E-state index is 0.620. The molecule has 0 saturated carbocycles. The fourth-order valence-electron chi connectivity index (χ4n) is 0.558. The molecule has 0 N–H and O–H groups in total. The summed E-state index contributed by atoms with van der Waals surface area (Å²) in [5.74, 6) is 2.18. The molecule has 0 aliphatic carbocycles. The molecule has 0 spiro atoms. The maximum absolute atomic E-state index is 4.78. The van der Waals surface area contributed by atoms with Crippen LogP contribution in [0.4, 0.5) is 0 Å². The first-order valence-electron chi connectivity index (χ1n) is 2.34. The molecule has 0 atom stereocenters. The lowest BCUT2D eigenvalue weighted by molar-refractivity contribution is 0.563. The summed E-state index contributed by atoms with van der Waals surface area (Å²) in [5, 5.41) is 0. The second kappa shape index (κ2) is 2.85. The predicted molar refractivity (Wildman–Crippen MR) is 44.0 cm³/mol. The normalized spacial score (nSPS) is 19.2. The Bertz CT molecular complexity index is 97.5. The Morgan fingerprint density at radius 2 is 2.50 bits per heavy atom. The van der Waals surface area contributed by atoms with Crippen LogP contribution in [0.2, 0.25) is 0 Å². The Balaban J connectivity index is 2.35. The summed E-state index contributed by atoms with van der Waals surface area (Å²) in [4.78, 5) is 2.04. The van der Waals surface area contributed by atoms with Crippen LogP contribution in [0.3, 0.4) is 0 Å². The van der Waals surface area contributed by atoms with Crippen molar-refractivity contribution in [2.75, 3.05) is 18.2 Å². The molecule has 1 heterocycles. The smallest absolute Gasteiger partial charge is 0.0625 e. The molecule has 1 aliphatic heterocycles. The molecule has 1 aliphatic rings. The SMILES string of the molecule is S=C([S-])N1CCSC1. The molecule has 1 saturated heterocycles. The molecule has 0 amide bonds. The van der Waals surface area contributed by atoms with E-state index in [1.54, 1.807) is 0 Å². The van der Waals surface area contributed by atoms with Crippen LogP contribution in [0.1, 0.15) is 0 Å². The van der Waals surface area contributed by atoms with Gasteiger partial charge in [0.1, 0.15) is 0 Å². The first kappa shape index (κ1) is 6.58. The zero-order valence-electron chi connectivity index (χ0n) is 4.29. The molecule has 46 valence electrons. The summed E-state index contributed by atoms with van der Waals surface area (Å²) in [6.07, 6.45) is 0. The van der Waals surface area contributed by atoms with Gasteiger partial charge in [-0.2, -0.15) is 0 Å². The van der Waals surface area contributed by atoms with E-state index in [0.717, 1.165) is 12.4 Å². The highest BCUT2D eigenvalue weighted by Gasteiger charge is 2.06. The molecule has 0 bridgehead atoms. The van der Waals surface area contributed by atoms with Crippen LogP contribution in [-0.4, -0.2) is 27.4 Å². The van der Waals surface area contributed by atoms with Gasteiger partial charge in [0, 0.05) is 12.3 Å². The lowest BCUT2D eigenvalue weighted by Gasteiger charge is -2.19. The number of hydrogen-bond donors (Lipinski definition) is 0. The van der Waals surface area contributed by atoms with Gasteiger partial charge < -0.3 is 29.7 Å². The summed E-state index contributed by atoms with van der Waals surface area (Å²) in [7, 11) is 0. The fourth-order valence-corrected chi connectivity index (χ4v) is 1.99. The van der Waals surface area contributed by atoms with Crippen molar-refractivity contribution in [1.29, 1.82) is 0 Å². The van der Waals surface area contributed by atoms with Crippen LogP contribution in [-0.2, 0) is 12.6 Å². The molecule has 0 unspecified atom stereocenters. The maximum Gasteiger partial charge on any atom is 0.0625 e. The van der Waals surface area contributed by atoms with Crippen LogP contribution < -0.4 is 0 Å². The van der Waals surface area contributed by atoms with E-state index in [1.165, 1.54) is 5.75 Å². The van der Waals surface area contributed by atoms with E-state index in [1.807, 2.05) is 16.7 Å². The number of nitrogens with zero attached hydrogens (tertiary/aromatic N) is 1. The molecule has 4 heteroatoms. The largest absolute Gasteiger partial charge is 0.411 e. The Kier molecular flexibility index (Phi) is 2.34. The summed E-state index contributed by atoms with van der Waals surface area (Å²) in [6, 6.07) is 0. The number of thioether (sulfide) groups is 1. The Hall–Kier alpha value is 0.460. The molecule has 0 aromatic heterocycles. The van der Waals surface area contributed by atoms with E-state index in [0.29, 0.717) is 4.32 Å². The Labute approximate surface area is 64.2 Å². The van der Waals surface area contributed by atoms with E-state index in [4.69, 9.17) is 24.8 Å². The standard InChI is InChI=1S/C4H7NS3/c6-4(7)5-1-2-8-3-5/h1-3H2,(H,6,7)/p-1. The minimum Gasteiger partial charge on any atom is -0.411 e. The van der Waals surface area contributed by atoms with Gasteiger partial charge in [0.2, 0.25) is 0 Å². The third-order valence-corrected chi connectivity index (χ3v) is 2.49. The summed E-state index contributed by atoms with van der Waals surface area (Å²) in [5.41, 5.74) is 0. The molecular weight excluding hydrogens is 158 g/mol. The van der Waals surface area contributed by atoms with Crippen molar-refractivity contribution in [3.05, 3.63) is 0 Å². The molecule has 1 rings (SSSR count). The van der Waals surface area contributed by atoms with Gasteiger partial charge in [-0.25, -0.2) is 0 Å². The van der Waals surface area contributed by atoms with Crippen LogP contribution in [0.5, 0.6) is 0 Å². The van der Waals surface area contributed by atoms with E-state index < -0.39 is 0 Å². The lowest BCUT2D eigenvalue weighted by Crippen LogP contribution is -2.23. The first-order valence-corrected chi connectivity index (χ1v) is 4.31. The summed E-state index contributed by atoms with van der Waals surface area (Å²) in [6.45, 7) is 1.05. The minimum atomic E-state index is 0.620. The number of thiocarbonyl (C=S) groups is 1. The predicted octanol–water partition coefficient (Wildman–Crippen LogP) is 0.825. The Morgan fingerprint density at radius 3 is 2.75 bits per heavy atom. The van der Waals surface area contributed by atoms with Crippen LogP contribution >= 0.6 is 24.0 Å². The van der Waals surface area contributed by atoms with Crippen molar-refractivity contribution in [3.8, 4) is 0 Å². The average Bonchev–Trinajstić information content (AvgIpc) is 2.12. The van der Waals surface area contributed by atoms with Gasteiger partial charge in [0.15, 0.2) is 0 Å². The highest BCUT2D eigenvalue weighted by atomic mass is 32.2. The lowest BCUT2D eigenvalue weighted by atomic mass is 10.7. The van der Waals surface area contributed by atoms with Crippen molar-refractivity contribution < 1.29 is 0 Å². The number of hydrogen-bond acceptors (Lipinski definition) is 3. The van der Waals surface area contributed by atoms with Gasteiger partial charge in [-0.1, -0.05) is 4.32 Å². The molecule has 0 radical (unpaired) electrons. The van der Waals surface area contributed by atoms with Crippen molar-refractivity contribution in [3.63, 3.8) is 0 Å². The van der Waals surface area contributed by atoms with Gasteiger partial charge in [0.05, 0.1) is 5.88 Å². The zero-order chi connectivity index (χ0) is 5.98. The van der Waals surface area contributed by atoms with Crippen LogP contribution in [0.25, 0.3) is 0 Å². The van der Waals surface area contributed by atoms with Gasteiger partial charge in [0.25, 0.3) is 0 Å². The van der Waals surface area contributed by atoms with Crippen LogP contribution in [0, 0.1) is 0 Å². The quantitative estimate of drug-likeness (QED) is 0.385. The van der Waals surface area contributed by atoms with Crippen LogP contribution in [0.15, 0.2) is 0 Å². The van der Waals surface area contributed by atoms with Gasteiger partial charge in [-0.05, 0) is 0 Å². The Morgan fingerprint density at radius 1 is 1.75 bits per heavy atom. The van der Waals surface area contributed by atoms with E-state index in [9.17, 15) is 0 Å². The third kappa shape index (κ3) is 1.47. The monoisotopic (exact) mass is 164 g/mol. The molecule has 0 aromatic rings. The zero-order valence-corrected chi connectivity index (χ0v) is 6.74. The van der Waals surface area contributed by atoms with E-state index >= 15 is 0 Å².